The van der Waals surface area contributed by atoms with Crippen LogP contribution in [-0.4, -0.2) is 42.9 Å². The summed E-state index contributed by atoms with van der Waals surface area (Å²) < 4.78 is 0. The van der Waals surface area contributed by atoms with Crippen LogP contribution < -0.4 is 10.2 Å². The number of nitrogens with zero attached hydrogens (tertiary/aromatic N) is 2. The van der Waals surface area contributed by atoms with Crippen molar-refractivity contribution in [3.8, 4) is 0 Å². The lowest BCUT2D eigenvalue weighted by Gasteiger charge is -2.39. The Morgan fingerprint density at radius 2 is 1.80 bits per heavy atom. The van der Waals surface area contributed by atoms with Crippen LogP contribution in [0.4, 0.5) is 11.4 Å². The summed E-state index contributed by atoms with van der Waals surface area (Å²) in [6.07, 6.45) is 1.32. The topological polar surface area (TPSA) is 52.7 Å². The number of benzene rings is 1. The maximum atomic E-state index is 12.4. The first-order valence-corrected chi connectivity index (χ1v) is 9.24. The molecule has 1 saturated heterocycles. The molecule has 1 aromatic rings. The van der Waals surface area contributed by atoms with Gasteiger partial charge in [-0.15, -0.1) is 0 Å². The third kappa shape index (κ3) is 5.11. The van der Waals surface area contributed by atoms with Crippen molar-refractivity contribution in [3.63, 3.8) is 0 Å². The second kappa shape index (κ2) is 8.09. The number of rotatable bonds is 4. The molecular weight excluding hydrogens is 338 g/mol. The van der Waals surface area contributed by atoms with Gasteiger partial charge in [0.1, 0.15) is 0 Å². The van der Waals surface area contributed by atoms with Gasteiger partial charge < -0.3 is 15.1 Å². The van der Waals surface area contributed by atoms with Crippen molar-refractivity contribution in [3.05, 3.63) is 23.2 Å². The van der Waals surface area contributed by atoms with Crippen molar-refractivity contribution in [1.29, 1.82) is 0 Å². The highest BCUT2D eigenvalue weighted by Crippen LogP contribution is 2.30. The lowest BCUT2D eigenvalue weighted by atomic mass is 9.94. The van der Waals surface area contributed by atoms with Crippen LogP contribution in [0.2, 0.25) is 5.02 Å². The number of piperazine rings is 1. The summed E-state index contributed by atoms with van der Waals surface area (Å²) in [6.45, 7) is 10.7. The molecule has 0 radical (unpaired) electrons. The molecule has 25 heavy (non-hydrogen) atoms. The van der Waals surface area contributed by atoms with Gasteiger partial charge in [0, 0.05) is 43.7 Å². The summed E-state index contributed by atoms with van der Waals surface area (Å²) in [5.74, 6) is 0.188. The van der Waals surface area contributed by atoms with Gasteiger partial charge >= 0.3 is 0 Å². The zero-order valence-corrected chi connectivity index (χ0v) is 16.3. The SMILES string of the molecule is CCCC(=O)Nc1ccc(N2CCN(C(=O)C(C)(C)C)CC2)c(Cl)c1. The van der Waals surface area contributed by atoms with Crippen LogP contribution in [0.1, 0.15) is 40.5 Å². The van der Waals surface area contributed by atoms with Crippen molar-refractivity contribution >= 4 is 34.8 Å². The summed E-state index contributed by atoms with van der Waals surface area (Å²) in [4.78, 5) is 28.2. The maximum Gasteiger partial charge on any atom is 0.228 e. The van der Waals surface area contributed by atoms with E-state index in [0.29, 0.717) is 30.2 Å². The van der Waals surface area contributed by atoms with Crippen molar-refractivity contribution in [2.75, 3.05) is 36.4 Å². The summed E-state index contributed by atoms with van der Waals surface area (Å²) in [5, 5.41) is 3.47. The highest BCUT2D eigenvalue weighted by Gasteiger charge is 2.30. The molecule has 1 heterocycles. The normalized spacial score (nSPS) is 15.2. The predicted molar refractivity (Wildman–Crippen MR) is 103 cm³/mol. The van der Waals surface area contributed by atoms with Crippen molar-refractivity contribution in [2.45, 2.75) is 40.5 Å². The molecule has 0 unspecified atom stereocenters. The van der Waals surface area contributed by atoms with Crippen LogP contribution in [0.3, 0.4) is 0 Å². The molecule has 0 spiro atoms. The molecule has 1 N–H and O–H groups in total. The minimum Gasteiger partial charge on any atom is -0.367 e. The molecule has 0 atom stereocenters. The number of halogens is 1. The van der Waals surface area contributed by atoms with Crippen LogP contribution >= 0.6 is 11.6 Å². The minimum atomic E-state index is -0.349. The Morgan fingerprint density at radius 3 is 2.32 bits per heavy atom. The van der Waals surface area contributed by atoms with E-state index in [1.807, 2.05) is 44.7 Å². The molecule has 0 aromatic heterocycles. The van der Waals surface area contributed by atoms with E-state index in [0.717, 1.165) is 25.2 Å². The molecule has 2 rings (SSSR count). The van der Waals surface area contributed by atoms with Gasteiger partial charge in [0.25, 0.3) is 0 Å². The Kier molecular flexibility index (Phi) is 6.33. The molecule has 1 aliphatic rings. The van der Waals surface area contributed by atoms with Gasteiger partial charge in [0.15, 0.2) is 0 Å². The number of nitrogens with one attached hydrogen (secondary N) is 1. The summed E-state index contributed by atoms with van der Waals surface area (Å²) >= 11 is 6.42. The Bertz CT molecular complexity index is 632. The van der Waals surface area contributed by atoms with Crippen molar-refractivity contribution in [2.24, 2.45) is 5.41 Å². The first kappa shape index (κ1) is 19.6. The number of hydrogen-bond donors (Lipinski definition) is 1. The zero-order chi connectivity index (χ0) is 18.6. The van der Waals surface area contributed by atoms with Gasteiger partial charge in [-0.05, 0) is 24.6 Å². The molecule has 2 amide bonds. The fraction of sp³-hybridized carbons (Fsp3) is 0.579. The number of carbonyl (C=O) groups excluding carboxylic acids is 2. The summed E-state index contributed by atoms with van der Waals surface area (Å²) in [6, 6.07) is 5.60. The summed E-state index contributed by atoms with van der Waals surface area (Å²) in [5.41, 5.74) is 1.31. The van der Waals surface area contributed by atoms with Crippen molar-refractivity contribution < 1.29 is 9.59 Å². The molecule has 6 heteroatoms. The zero-order valence-electron chi connectivity index (χ0n) is 15.6. The third-order valence-electron chi connectivity index (χ3n) is 4.26. The largest absolute Gasteiger partial charge is 0.367 e. The lowest BCUT2D eigenvalue weighted by molar-refractivity contribution is -0.139. The quantitative estimate of drug-likeness (QED) is 0.883. The van der Waals surface area contributed by atoms with E-state index in [4.69, 9.17) is 11.6 Å². The molecule has 0 bridgehead atoms. The second-order valence-corrected chi connectivity index (χ2v) is 7.90. The lowest BCUT2D eigenvalue weighted by Crippen LogP contribution is -2.51. The number of hydrogen-bond acceptors (Lipinski definition) is 3. The fourth-order valence-corrected chi connectivity index (χ4v) is 3.22. The Labute approximate surface area is 155 Å². The average molecular weight is 366 g/mol. The third-order valence-corrected chi connectivity index (χ3v) is 4.56. The van der Waals surface area contributed by atoms with Gasteiger partial charge in [0.05, 0.1) is 10.7 Å². The van der Waals surface area contributed by atoms with Gasteiger partial charge in [-0.2, -0.15) is 0 Å². The van der Waals surface area contributed by atoms with Crippen LogP contribution in [-0.2, 0) is 9.59 Å². The van der Waals surface area contributed by atoms with Crippen molar-refractivity contribution in [1.82, 2.24) is 4.90 Å². The van der Waals surface area contributed by atoms with Crippen LogP contribution in [0.5, 0.6) is 0 Å². The van der Waals surface area contributed by atoms with E-state index >= 15 is 0 Å². The van der Waals surface area contributed by atoms with Gasteiger partial charge in [-0.3, -0.25) is 9.59 Å². The Balaban J connectivity index is 1.99. The Hall–Kier alpha value is -1.75. The predicted octanol–water partition coefficient (Wildman–Crippen LogP) is 3.77. The van der Waals surface area contributed by atoms with E-state index in [1.54, 1.807) is 6.07 Å². The molecule has 0 saturated carbocycles. The standard InChI is InChI=1S/C19H28ClN3O2/c1-5-6-17(24)21-14-7-8-16(15(20)13-14)22-9-11-23(12-10-22)18(25)19(2,3)4/h7-8,13H,5-6,9-12H2,1-4H3,(H,21,24). The smallest absolute Gasteiger partial charge is 0.228 e. The first-order chi connectivity index (χ1) is 11.7. The van der Waals surface area contributed by atoms with E-state index in [9.17, 15) is 9.59 Å². The molecular formula is C19H28ClN3O2. The molecule has 5 nitrogen and oxygen atoms in total. The van der Waals surface area contributed by atoms with E-state index in [-0.39, 0.29) is 17.2 Å². The fourth-order valence-electron chi connectivity index (χ4n) is 2.92. The van der Waals surface area contributed by atoms with E-state index in [1.165, 1.54) is 0 Å². The first-order valence-electron chi connectivity index (χ1n) is 8.86. The number of anilines is 2. The molecule has 0 aliphatic carbocycles. The number of carbonyl (C=O) groups is 2. The number of amides is 2. The van der Waals surface area contributed by atoms with Gasteiger partial charge in [-0.25, -0.2) is 0 Å². The highest BCUT2D eigenvalue weighted by atomic mass is 35.5. The van der Waals surface area contributed by atoms with Gasteiger partial charge in [-0.1, -0.05) is 39.3 Å². The second-order valence-electron chi connectivity index (χ2n) is 7.49. The van der Waals surface area contributed by atoms with Crippen LogP contribution in [0.15, 0.2) is 18.2 Å². The van der Waals surface area contributed by atoms with E-state index in [2.05, 4.69) is 10.2 Å². The van der Waals surface area contributed by atoms with Crippen LogP contribution in [0, 0.1) is 5.41 Å². The molecule has 138 valence electrons. The van der Waals surface area contributed by atoms with E-state index < -0.39 is 0 Å². The Morgan fingerprint density at radius 1 is 1.16 bits per heavy atom. The van der Waals surface area contributed by atoms with Gasteiger partial charge in [0.2, 0.25) is 11.8 Å². The molecule has 1 aliphatic heterocycles. The molecule has 1 fully saturated rings. The highest BCUT2D eigenvalue weighted by molar-refractivity contribution is 6.33. The average Bonchev–Trinajstić information content (AvgIpc) is 2.54. The monoisotopic (exact) mass is 365 g/mol. The maximum absolute atomic E-state index is 12.4. The minimum absolute atomic E-state index is 0.000577. The molecule has 1 aromatic carbocycles. The summed E-state index contributed by atoms with van der Waals surface area (Å²) in [7, 11) is 0. The van der Waals surface area contributed by atoms with Crippen LogP contribution in [0.25, 0.3) is 0 Å².